The summed E-state index contributed by atoms with van der Waals surface area (Å²) in [5.41, 5.74) is 0. The smallest absolute Gasteiger partial charge is 0.223 e. The monoisotopic (exact) mass is 224 g/mol. The van der Waals surface area contributed by atoms with Crippen molar-refractivity contribution in [1.29, 1.82) is 0 Å². The van der Waals surface area contributed by atoms with E-state index >= 15 is 0 Å². The summed E-state index contributed by atoms with van der Waals surface area (Å²) in [6, 6.07) is 1.08. The Balaban J connectivity index is 1.82. The predicted molar refractivity (Wildman–Crippen MR) is 65.2 cm³/mol. The third-order valence-electron chi connectivity index (χ3n) is 3.79. The fourth-order valence-corrected chi connectivity index (χ4v) is 2.47. The van der Waals surface area contributed by atoms with E-state index in [9.17, 15) is 4.79 Å². The topological polar surface area (TPSA) is 32.3 Å². The van der Waals surface area contributed by atoms with Gasteiger partial charge in [0.2, 0.25) is 5.91 Å². The molecule has 2 rings (SSSR count). The number of carbonyl (C=O) groups is 1. The molecule has 2 aliphatic carbocycles. The van der Waals surface area contributed by atoms with Crippen molar-refractivity contribution < 1.29 is 4.79 Å². The number of carbonyl (C=O) groups excluding carboxylic acids is 1. The Morgan fingerprint density at radius 3 is 2.56 bits per heavy atom. The van der Waals surface area contributed by atoms with Crippen LogP contribution < -0.4 is 5.32 Å². The molecule has 0 aromatic rings. The van der Waals surface area contributed by atoms with E-state index < -0.39 is 0 Å². The molecule has 0 aromatic heterocycles. The largest absolute Gasteiger partial charge is 0.337 e. The summed E-state index contributed by atoms with van der Waals surface area (Å²) in [6.45, 7) is 3.19. The Hall–Kier alpha value is -0.570. The number of hydrogen-bond acceptors (Lipinski definition) is 2. The first-order valence-corrected chi connectivity index (χ1v) is 6.69. The summed E-state index contributed by atoms with van der Waals surface area (Å²) in [6.07, 6.45) is 6.80. The Labute approximate surface area is 98.6 Å². The maximum Gasteiger partial charge on any atom is 0.223 e. The van der Waals surface area contributed by atoms with Crippen LogP contribution in [0.4, 0.5) is 0 Å². The van der Waals surface area contributed by atoms with Gasteiger partial charge in [0.05, 0.1) is 0 Å². The SMILES string of the molecule is CNCCCC(=O)N(C1CC1)C(C)C1CC1. The van der Waals surface area contributed by atoms with Gasteiger partial charge in [-0.05, 0) is 58.5 Å². The minimum absolute atomic E-state index is 0.386. The molecule has 1 N–H and O–H groups in total. The third-order valence-corrected chi connectivity index (χ3v) is 3.79. The standard InChI is InChI=1S/C13H24N2O/c1-10(11-5-6-11)15(12-7-8-12)13(16)4-3-9-14-2/h10-12,14H,3-9H2,1-2H3. The van der Waals surface area contributed by atoms with Crippen molar-refractivity contribution in [2.24, 2.45) is 5.92 Å². The molecule has 1 amide bonds. The summed E-state index contributed by atoms with van der Waals surface area (Å²) in [5.74, 6) is 1.19. The lowest BCUT2D eigenvalue weighted by Crippen LogP contribution is -2.41. The van der Waals surface area contributed by atoms with E-state index in [2.05, 4.69) is 17.1 Å². The van der Waals surface area contributed by atoms with Crippen molar-refractivity contribution in [3.05, 3.63) is 0 Å². The Morgan fingerprint density at radius 2 is 2.06 bits per heavy atom. The number of nitrogens with one attached hydrogen (secondary N) is 1. The molecule has 1 atom stereocenters. The molecular formula is C13H24N2O. The van der Waals surface area contributed by atoms with Crippen LogP contribution in [0.2, 0.25) is 0 Å². The van der Waals surface area contributed by atoms with Gasteiger partial charge in [0, 0.05) is 18.5 Å². The summed E-state index contributed by atoms with van der Waals surface area (Å²) >= 11 is 0. The van der Waals surface area contributed by atoms with Crippen LogP contribution >= 0.6 is 0 Å². The molecule has 0 bridgehead atoms. The summed E-state index contributed by atoms with van der Waals surface area (Å²) in [5, 5.41) is 3.10. The van der Waals surface area contributed by atoms with Crippen molar-refractivity contribution in [2.45, 2.75) is 57.5 Å². The number of nitrogens with zero attached hydrogens (tertiary/aromatic N) is 1. The fraction of sp³-hybridized carbons (Fsp3) is 0.923. The molecule has 2 fully saturated rings. The van der Waals surface area contributed by atoms with Crippen LogP contribution in [0.15, 0.2) is 0 Å². The number of rotatable bonds is 7. The van der Waals surface area contributed by atoms with Gasteiger partial charge in [-0.1, -0.05) is 0 Å². The van der Waals surface area contributed by atoms with E-state index in [4.69, 9.17) is 0 Å². The molecule has 0 saturated heterocycles. The van der Waals surface area contributed by atoms with Crippen LogP contribution in [0.3, 0.4) is 0 Å². The molecule has 2 aliphatic rings. The molecule has 2 saturated carbocycles. The van der Waals surface area contributed by atoms with Crippen molar-refractivity contribution in [3.8, 4) is 0 Å². The molecule has 0 aromatic carbocycles. The lowest BCUT2D eigenvalue weighted by atomic mass is 10.1. The Kier molecular flexibility index (Phi) is 3.85. The van der Waals surface area contributed by atoms with Crippen molar-refractivity contribution in [2.75, 3.05) is 13.6 Å². The quantitative estimate of drug-likeness (QED) is 0.669. The van der Waals surface area contributed by atoms with Crippen molar-refractivity contribution >= 4 is 5.91 Å². The fourth-order valence-electron chi connectivity index (χ4n) is 2.47. The molecule has 16 heavy (non-hydrogen) atoms. The molecule has 3 nitrogen and oxygen atoms in total. The zero-order valence-electron chi connectivity index (χ0n) is 10.5. The number of hydrogen-bond donors (Lipinski definition) is 1. The van der Waals surface area contributed by atoms with Gasteiger partial charge in [-0.25, -0.2) is 0 Å². The molecule has 92 valence electrons. The van der Waals surface area contributed by atoms with Gasteiger partial charge in [-0.2, -0.15) is 0 Å². The molecule has 0 heterocycles. The highest BCUT2D eigenvalue weighted by Crippen LogP contribution is 2.39. The van der Waals surface area contributed by atoms with E-state index in [0.29, 0.717) is 24.4 Å². The van der Waals surface area contributed by atoms with Gasteiger partial charge >= 0.3 is 0 Å². The minimum Gasteiger partial charge on any atom is -0.337 e. The van der Waals surface area contributed by atoms with E-state index in [1.807, 2.05) is 7.05 Å². The lowest BCUT2D eigenvalue weighted by molar-refractivity contribution is -0.134. The first-order valence-electron chi connectivity index (χ1n) is 6.69. The maximum atomic E-state index is 12.2. The average molecular weight is 224 g/mol. The van der Waals surface area contributed by atoms with E-state index in [-0.39, 0.29) is 0 Å². The number of amides is 1. The predicted octanol–water partition coefficient (Wildman–Crippen LogP) is 1.78. The summed E-state index contributed by atoms with van der Waals surface area (Å²) in [7, 11) is 1.94. The van der Waals surface area contributed by atoms with Gasteiger partial charge < -0.3 is 10.2 Å². The lowest BCUT2D eigenvalue weighted by Gasteiger charge is -2.29. The highest BCUT2D eigenvalue weighted by molar-refractivity contribution is 5.77. The van der Waals surface area contributed by atoms with Crippen LogP contribution in [-0.4, -0.2) is 36.5 Å². The maximum absolute atomic E-state index is 12.2. The molecule has 1 unspecified atom stereocenters. The van der Waals surface area contributed by atoms with Crippen LogP contribution in [0, 0.1) is 5.92 Å². The second-order valence-corrected chi connectivity index (χ2v) is 5.32. The molecule has 0 radical (unpaired) electrons. The Bertz CT molecular complexity index is 246. The van der Waals surface area contributed by atoms with Crippen LogP contribution in [0.1, 0.15) is 45.4 Å². The van der Waals surface area contributed by atoms with Gasteiger partial charge in [0.1, 0.15) is 0 Å². The Morgan fingerprint density at radius 1 is 1.38 bits per heavy atom. The van der Waals surface area contributed by atoms with E-state index in [1.54, 1.807) is 0 Å². The molecule has 0 spiro atoms. The van der Waals surface area contributed by atoms with E-state index in [0.717, 1.165) is 18.9 Å². The molecule has 3 heteroatoms. The average Bonchev–Trinajstić information content (AvgIpc) is 3.11. The van der Waals surface area contributed by atoms with Crippen molar-refractivity contribution in [1.82, 2.24) is 10.2 Å². The summed E-state index contributed by atoms with van der Waals surface area (Å²) < 4.78 is 0. The molecular weight excluding hydrogens is 200 g/mol. The van der Waals surface area contributed by atoms with Gasteiger partial charge in [0.15, 0.2) is 0 Å². The minimum atomic E-state index is 0.386. The second-order valence-electron chi connectivity index (χ2n) is 5.32. The zero-order chi connectivity index (χ0) is 11.5. The molecule has 0 aliphatic heterocycles. The summed E-state index contributed by atoms with van der Waals surface area (Å²) in [4.78, 5) is 14.4. The van der Waals surface area contributed by atoms with Crippen molar-refractivity contribution in [3.63, 3.8) is 0 Å². The highest BCUT2D eigenvalue weighted by Gasteiger charge is 2.41. The second kappa shape index (κ2) is 5.17. The zero-order valence-corrected chi connectivity index (χ0v) is 10.5. The third kappa shape index (κ3) is 2.97. The van der Waals surface area contributed by atoms with Gasteiger partial charge in [0.25, 0.3) is 0 Å². The highest BCUT2D eigenvalue weighted by atomic mass is 16.2. The van der Waals surface area contributed by atoms with Crippen LogP contribution in [0.25, 0.3) is 0 Å². The van der Waals surface area contributed by atoms with Crippen LogP contribution in [0.5, 0.6) is 0 Å². The first-order chi connectivity index (χ1) is 7.74. The van der Waals surface area contributed by atoms with Gasteiger partial charge in [-0.15, -0.1) is 0 Å². The van der Waals surface area contributed by atoms with Gasteiger partial charge in [-0.3, -0.25) is 4.79 Å². The normalized spacial score (nSPS) is 21.9. The van der Waals surface area contributed by atoms with E-state index in [1.165, 1.54) is 25.7 Å². The first kappa shape index (κ1) is 11.9. The van der Waals surface area contributed by atoms with Crippen LogP contribution in [-0.2, 0) is 4.79 Å².